The fourth-order valence-electron chi connectivity index (χ4n) is 9.16. The Bertz CT molecular complexity index is 1640. The van der Waals surface area contributed by atoms with Crippen LogP contribution in [0, 0.1) is 0 Å². The second-order valence-electron chi connectivity index (χ2n) is 21.8. The van der Waals surface area contributed by atoms with Gasteiger partial charge in [0.2, 0.25) is 17.7 Å². The summed E-state index contributed by atoms with van der Waals surface area (Å²) in [6.45, 7) is 6.77. The maximum Gasteiger partial charge on any atom is 0.262 e. The van der Waals surface area contributed by atoms with Crippen molar-refractivity contribution in [3.05, 3.63) is 36.5 Å². The summed E-state index contributed by atoms with van der Waals surface area (Å²) in [6, 6.07) is -2.30. The first-order chi connectivity index (χ1) is 38.7. The molecule has 2 atom stereocenters. The van der Waals surface area contributed by atoms with Crippen molar-refractivity contribution in [3.63, 3.8) is 0 Å². The molecule has 0 bridgehead atoms. The van der Waals surface area contributed by atoms with Crippen LogP contribution in [0.25, 0.3) is 0 Å². The van der Waals surface area contributed by atoms with Crippen molar-refractivity contribution in [2.45, 2.75) is 328 Å². The first-order valence-electron chi connectivity index (χ1n) is 32.5. The van der Waals surface area contributed by atoms with Crippen LogP contribution >= 0.6 is 0 Å². The molecule has 4 amide bonds. The van der Waals surface area contributed by atoms with Gasteiger partial charge in [-0.15, -0.1) is 0 Å². The van der Waals surface area contributed by atoms with Gasteiger partial charge in [0.15, 0.2) is 5.96 Å². The lowest BCUT2D eigenvalue weighted by Crippen LogP contribution is -2.49. The van der Waals surface area contributed by atoms with Crippen molar-refractivity contribution in [2.24, 2.45) is 31.8 Å². The zero-order chi connectivity index (χ0) is 57.6. The molecule has 79 heavy (non-hydrogen) atoms. The minimum absolute atomic E-state index is 0.0304. The molecule has 0 aliphatic heterocycles. The molecule has 8 N–H and O–H groups in total. The van der Waals surface area contributed by atoms with Gasteiger partial charge in [-0.3, -0.25) is 19.2 Å². The minimum Gasteiger partial charge on any atom is -0.370 e. The van der Waals surface area contributed by atoms with Crippen molar-refractivity contribution in [1.29, 1.82) is 0 Å². The summed E-state index contributed by atoms with van der Waals surface area (Å²) in [5.74, 6) is -2.37. The van der Waals surface area contributed by atoms with Crippen LogP contribution in [0.4, 0.5) is 0 Å². The number of nitrogens with one attached hydrogen (secondary N) is 4. The van der Waals surface area contributed by atoms with E-state index in [4.69, 9.17) is 11.5 Å². The molecule has 0 rings (SSSR count). The summed E-state index contributed by atoms with van der Waals surface area (Å²) in [7, 11) is 0. The van der Waals surface area contributed by atoms with Crippen molar-refractivity contribution in [1.82, 2.24) is 21.6 Å². The van der Waals surface area contributed by atoms with Crippen LogP contribution in [0.5, 0.6) is 0 Å². The number of allylic oxidation sites excluding steroid dienone is 6. The van der Waals surface area contributed by atoms with E-state index in [2.05, 4.69) is 99.1 Å². The molecule has 14 heteroatoms. The average molecular weight is 1110 g/mol. The number of hydrogen-bond acceptors (Lipinski definition) is 8. The number of nitrogens with zero attached hydrogens (tertiary/aromatic N) is 4. The number of aliphatic imine (C=N–C) groups is 1. The molecule has 14 nitrogen and oxygen atoms in total. The highest BCUT2D eigenvalue weighted by Crippen LogP contribution is 2.14. The summed E-state index contributed by atoms with van der Waals surface area (Å²) < 4.78 is 0. The van der Waals surface area contributed by atoms with Gasteiger partial charge in [-0.05, 0) is 128 Å². The highest BCUT2D eigenvalue weighted by Gasteiger charge is 2.27. The maximum atomic E-state index is 13.6. The normalized spacial score (nSPS) is 12.7. The third-order valence-corrected chi connectivity index (χ3v) is 14.2. The Morgan fingerprint density at radius 1 is 0.354 bits per heavy atom. The molecular weight excluding hydrogens is 985 g/mol. The lowest BCUT2D eigenvalue weighted by molar-refractivity contribution is -0.130. The van der Waals surface area contributed by atoms with Gasteiger partial charge in [0.25, 0.3) is 5.91 Å². The van der Waals surface area contributed by atoms with Gasteiger partial charge in [0, 0.05) is 31.5 Å². The highest BCUT2D eigenvalue weighted by molar-refractivity contribution is 5.92. The quantitative estimate of drug-likeness (QED) is 0.0114. The van der Waals surface area contributed by atoms with Crippen molar-refractivity contribution >= 4 is 48.2 Å². The first kappa shape index (κ1) is 74.4. The third-order valence-electron chi connectivity index (χ3n) is 14.2. The fraction of sp³-hybridized carbons (Fsp3) is 0.785. The molecule has 0 radical (unpaired) electrons. The van der Waals surface area contributed by atoms with Gasteiger partial charge in [0.05, 0.1) is 0 Å². The van der Waals surface area contributed by atoms with E-state index < -0.39 is 35.7 Å². The molecule has 0 saturated carbocycles. The molecule has 0 saturated heterocycles. The number of nitrogens with two attached hydrogens (primary N) is 2. The summed E-state index contributed by atoms with van der Waals surface area (Å²) in [6.07, 6.45) is 69.0. The van der Waals surface area contributed by atoms with Gasteiger partial charge in [-0.2, -0.15) is 15.3 Å². The van der Waals surface area contributed by atoms with Gasteiger partial charge in [0.1, 0.15) is 12.1 Å². The number of carbonyl (C=O) groups is 4. The molecule has 454 valence electrons. The Morgan fingerprint density at radius 3 is 0.949 bits per heavy atom. The lowest BCUT2D eigenvalue weighted by Gasteiger charge is -2.19. The smallest absolute Gasteiger partial charge is 0.262 e. The monoisotopic (exact) mass is 1100 g/mol. The molecule has 0 aliphatic carbocycles. The highest BCUT2D eigenvalue weighted by atomic mass is 16.2. The molecule has 0 unspecified atom stereocenters. The van der Waals surface area contributed by atoms with Crippen LogP contribution < -0.4 is 33.1 Å². The van der Waals surface area contributed by atoms with E-state index in [0.717, 1.165) is 77.0 Å². The molecular formula is C65H120N10O4. The second-order valence-corrected chi connectivity index (χ2v) is 21.8. The van der Waals surface area contributed by atoms with E-state index in [-0.39, 0.29) is 31.6 Å². The van der Waals surface area contributed by atoms with E-state index >= 15 is 0 Å². The number of guanidine groups is 1. The Hall–Kier alpha value is -4.62. The number of carbonyl (C=O) groups excluding carboxylic acids is 4. The van der Waals surface area contributed by atoms with Crippen LogP contribution in [0.1, 0.15) is 316 Å². The largest absolute Gasteiger partial charge is 0.370 e. The molecule has 0 aromatic heterocycles. The van der Waals surface area contributed by atoms with Crippen LogP contribution in [-0.2, 0) is 19.2 Å². The number of amides is 4. The zero-order valence-electron chi connectivity index (χ0n) is 51.0. The van der Waals surface area contributed by atoms with Gasteiger partial charge >= 0.3 is 0 Å². The number of hydrazone groups is 3. The predicted octanol–water partition coefficient (Wildman–Crippen LogP) is 16.1. The topological polar surface area (TPSA) is 218 Å². The van der Waals surface area contributed by atoms with Crippen LogP contribution in [-0.4, -0.2) is 60.3 Å². The zero-order valence-corrected chi connectivity index (χ0v) is 51.0. The van der Waals surface area contributed by atoms with Gasteiger partial charge in [-0.25, -0.2) is 21.3 Å². The van der Waals surface area contributed by atoms with Crippen LogP contribution in [0.3, 0.4) is 0 Å². The summed E-state index contributed by atoms with van der Waals surface area (Å²) in [5, 5.41) is 15.1. The molecule has 0 spiro atoms. The Kier molecular flexibility index (Phi) is 57.4. The second kappa shape index (κ2) is 61.0. The summed E-state index contributed by atoms with van der Waals surface area (Å²) in [5.41, 5.74) is 19.0. The molecule has 0 heterocycles. The van der Waals surface area contributed by atoms with Crippen LogP contribution in [0.15, 0.2) is 56.8 Å². The first-order valence-corrected chi connectivity index (χ1v) is 32.5. The average Bonchev–Trinajstić information content (AvgIpc) is 3.44. The van der Waals surface area contributed by atoms with Gasteiger partial charge < -0.3 is 16.8 Å². The lowest BCUT2D eigenvalue weighted by atomic mass is 10.1. The maximum absolute atomic E-state index is 13.6. The van der Waals surface area contributed by atoms with Crippen molar-refractivity contribution in [3.8, 4) is 0 Å². The SMILES string of the molecule is CCCCCCCC/C=C\CCCCCCC/C=N/NC(=O)CC[C@H](N=C(N)N)C(=O)N[C@@H](CCC(=O)N/N=C/CCCCCCC/C=C\CCCCCCCC)C(=O)N/N=C/CCCCCCC/C=C\CCCCCCCC. The van der Waals surface area contributed by atoms with E-state index in [0.29, 0.717) is 6.42 Å². The minimum atomic E-state index is -1.16. The number of rotatable bonds is 58. The Balaban J connectivity index is 4.96. The Labute approximate surface area is 483 Å². The summed E-state index contributed by atoms with van der Waals surface area (Å²) in [4.78, 5) is 56.8. The van der Waals surface area contributed by atoms with Crippen molar-refractivity contribution < 1.29 is 19.2 Å². The van der Waals surface area contributed by atoms with E-state index in [1.165, 1.54) is 186 Å². The third kappa shape index (κ3) is 56.5. The van der Waals surface area contributed by atoms with E-state index in [9.17, 15) is 19.2 Å². The van der Waals surface area contributed by atoms with E-state index in [1.807, 2.05) is 0 Å². The van der Waals surface area contributed by atoms with Crippen LogP contribution in [0.2, 0.25) is 0 Å². The number of hydrogen-bond donors (Lipinski definition) is 6. The Morgan fingerprint density at radius 2 is 0.633 bits per heavy atom. The summed E-state index contributed by atoms with van der Waals surface area (Å²) >= 11 is 0. The molecule has 0 aromatic carbocycles. The molecule has 0 aliphatic rings. The van der Waals surface area contributed by atoms with E-state index in [1.54, 1.807) is 18.6 Å². The fourth-order valence-corrected chi connectivity index (χ4v) is 9.16. The van der Waals surface area contributed by atoms with Gasteiger partial charge in [-0.1, -0.05) is 211 Å². The molecule has 0 fully saturated rings. The predicted molar refractivity (Wildman–Crippen MR) is 338 cm³/mol. The number of unbranched alkanes of at least 4 members (excludes halogenated alkanes) is 36. The van der Waals surface area contributed by atoms with Crippen molar-refractivity contribution in [2.75, 3.05) is 0 Å². The standard InChI is InChI=1S/C65H120N10O4/c1-4-7-10-13-16-19-22-25-28-31-34-37-40-43-46-49-56-68-73-61(76)54-52-59(72-65(66)67)63(78)71-60(64(79)75-70-58-51-48-45-42-39-36-33-30-27-24-21-18-15-12-9-6-3)53-55-62(77)74-69-57-50-47-44-41-38-35-32-29-26-23-20-17-14-11-8-5-2/h25-30,56-60H,4-24,31-55H2,1-3H3,(H,71,78)(H,73,76)(H,74,77)(H,75,79)(H4,66,67,72)/b28-25-,29-26-,30-27-,68-56+,69-57+,70-58+/t59-,60-/m0/s1. The molecule has 0 aromatic rings.